The second kappa shape index (κ2) is 14.1. The van der Waals surface area contributed by atoms with Crippen LogP contribution in [0.3, 0.4) is 0 Å². The normalized spacial score (nSPS) is 16.0. The first-order valence-corrected chi connectivity index (χ1v) is 19.6. The summed E-state index contributed by atoms with van der Waals surface area (Å²) in [6.07, 6.45) is 8.57. The molecule has 0 saturated carbocycles. The maximum absolute atomic E-state index is 3.94. The smallest absolute Gasteiger partial charge is 0.0149 e. The van der Waals surface area contributed by atoms with Gasteiger partial charge in [0.15, 0.2) is 0 Å². The van der Waals surface area contributed by atoms with E-state index in [2.05, 4.69) is 172 Å². The van der Waals surface area contributed by atoms with Crippen molar-refractivity contribution in [3.05, 3.63) is 129 Å². The van der Waals surface area contributed by atoms with Crippen molar-refractivity contribution < 1.29 is 16.8 Å². The molecule has 0 heterocycles. The van der Waals surface area contributed by atoms with Crippen LogP contribution < -0.4 is 3.80 Å². The SMILES string of the molecule is C(C=Cc1cccc2ccccc12)=Cc1cccc2ccccc12.CC1=C(C)C(C)[C]([Ti]([CH3])([CH3])[NH]C(C)(C)C)=C1C.[SiH4]. The third-order valence-corrected chi connectivity index (χ3v) is 13.8. The maximum atomic E-state index is 3.94. The first-order chi connectivity index (χ1) is 19.4. The van der Waals surface area contributed by atoms with Crippen LogP contribution in [0.25, 0.3) is 33.7 Å². The Bertz CT molecular complexity index is 1570. The van der Waals surface area contributed by atoms with E-state index in [-0.39, 0.29) is 16.5 Å². The standard InChI is InChI=1S/C24H18.C9H13.C4H10N.2CH3.H4Si.Ti/c1(9-19-13-7-15-21-11-3-5-17-23(19)21)2-10-20-14-8-16-22-12-4-6-18-24(20)22;1-6-5-7(2)9(4)8(6)3;1-4(2,3)5;;;;/h1-18H;6H,1-4H3;5H,1-3H3;2*1H3;1H4;/q;;-1;;;;+1. The molecule has 4 aromatic carbocycles. The molecule has 0 fully saturated rings. The molecule has 220 valence electrons. The predicted molar refractivity (Wildman–Crippen MR) is 192 cm³/mol. The Kier molecular flexibility index (Phi) is 11.4. The van der Waals surface area contributed by atoms with E-state index in [1.807, 2.05) is 0 Å². The Balaban J connectivity index is 0.000000240. The molecule has 0 amide bonds. The van der Waals surface area contributed by atoms with Crippen molar-refractivity contribution in [2.75, 3.05) is 0 Å². The van der Waals surface area contributed by atoms with Crippen molar-refractivity contribution >= 4 is 44.7 Å². The minimum Gasteiger partial charge on any atom is -0.0149 e. The van der Waals surface area contributed by atoms with Crippen molar-refractivity contribution in [2.24, 2.45) is 5.92 Å². The summed E-state index contributed by atoms with van der Waals surface area (Å²) >= 11 is -2.08. The molecule has 0 spiro atoms. The number of fused-ring (bicyclic) bond motifs is 2. The third kappa shape index (κ3) is 7.99. The second-order valence-electron chi connectivity index (χ2n) is 12.9. The van der Waals surface area contributed by atoms with Crippen LogP contribution in [0.4, 0.5) is 0 Å². The minimum absolute atomic E-state index is 0. The number of rotatable bonds is 5. The molecule has 1 unspecified atom stereocenters. The summed E-state index contributed by atoms with van der Waals surface area (Å²) in [6, 6.07) is 29.8. The minimum atomic E-state index is -2.08. The largest absolute Gasteiger partial charge is 0.0149 e. The van der Waals surface area contributed by atoms with Gasteiger partial charge in [-0.1, -0.05) is 109 Å². The van der Waals surface area contributed by atoms with Gasteiger partial charge < -0.3 is 0 Å². The van der Waals surface area contributed by atoms with Crippen LogP contribution in [-0.4, -0.2) is 16.5 Å². The van der Waals surface area contributed by atoms with Gasteiger partial charge in [-0.05, 0) is 43.6 Å². The molecule has 5 rings (SSSR count). The first kappa shape index (κ1) is 33.7. The quantitative estimate of drug-likeness (QED) is 0.175. The molecule has 42 heavy (non-hydrogen) atoms. The molecule has 3 heteroatoms. The Morgan fingerprint density at radius 3 is 1.48 bits per heavy atom. The van der Waals surface area contributed by atoms with E-state index < -0.39 is 16.8 Å². The topological polar surface area (TPSA) is 12.0 Å². The van der Waals surface area contributed by atoms with Gasteiger partial charge in [0.1, 0.15) is 0 Å². The predicted octanol–water partition coefficient (Wildman–Crippen LogP) is 10.1. The van der Waals surface area contributed by atoms with Crippen LogP contribution in [0.1, 0.15) is 59.6 Å². The Morgan fingerprint density at radius 2 is 1.07 bits per heavy atom. The average Bonchev–Trinajstić information content (AvgIpc) is 3.13. The number of benzene rings is 4. The molecule has 4 aromatic rings. The van der Waals surface area contributed by atoms with Crippen LogP contribution in [0.15, 0.2) is 118 Å². The molecule has 0 aromatic heterocycles. The zero-order valence-electron chi connectivity index (χ0n) is 26.5. The van der Waals surface area contributed by atoms with E-state index in [1.54, 1.807) is 15.0 Å². The molecule has 1 aliphatic carbocycles. The molecule has 1 atom stereocenters. The van der Waals surface area contributed by atoms with Crippen molar-refractivity contribution in [1.29, 1.82) is 0 Å². The molecular weight excluding hydrogens is 558 g/mol. The number of hydrogen-bond donors (Lipinski definition) is 1. The molecule has 1 nitrogen and oxygen atoms in total. The Morgan fingerprint density at radius 1 is 0.643 bits per heavy atom. The molecule has 1 N–H and O–H groups in total. The molecule has 0 saturated heterocycles. The summed E-state index contributed by atoms with van der Waals surface area (Å²) in [4.78, 5) is 0. The van der Waals surface area contributed by atoms with Gasteiger partial charge in [-0.3, -0.25) is 0 Å². The van der Waals surface area contributed by atoms with Gasteiger partial charge in [0.25, 0.3) is 0 Å². The third-order valence-electron chi connectivity index (χ3n) is 8.31. The molecular formula is C39H51NSiTi. The van der Waals surface area contributed by atoms with Gasteiger partial charge >= 0.3 is 112 Å². The van der Waals surface area contributed by atoms with Gasteiger partial charge in [0.05, 0.1) is 0 Å². The van der Waals surface area contributed by atoms with Gasteiger partial charge in [-0.2, -0.15) is 0 Å². The summed E-state index contributed by atoms with van der Waals surface area (Å²) in [5.41, 5.74) is 7.39. The summed E-state index contributed by atoms with van der Waals surface area (Å²) < 4.78 is 5.69. The molecule has 1 aliphatic rings. The molecule has 0 aliphatic heterocycles. The van der Waals surface area contributed by atoms with E-state index in [0.29, 0.717) is 5.92 Å². The van der Waals surface area contributed by atoms with Gasteiger partial charge in [-0.25, -0.2) is 0 Å². The summed E-state index contributed by atoms with van der Waals surface area (Å²) in [5, 5.41) is 10.1. The fraction of sp³-hybridized carbons (Fsp3) is 0.282. The zero-order chi connectivity index (χ0) is 29.8. The van der Waals surface area contributed by atoms with Gasteiger partial charge in [0, 0.05) is 0 Å². The summed E-state index contributed by atoms with van der Waals surface area (Å²) in [6.45, 7) is 16.1. The van der Waals surface area contributed by atoms with E-state index in [4.69, 9.17) is 0 Å². The van der Waals surface area contributed by atoms with E-state index in [0.717, 1.165) is 0 Å². The van der Waals surface area contributed by atoms with Crippen molar-refractivity contribution in [3.63, 3.8) is 0 Å². The van der Waals surface area contributed by atoms with Crippen molar-refractivity contribution in [2.45, 2.75) is 64.5 Å². The molecule has 0 radical (unpaired) electrons. The Hall–Kier alpha value is -2.75. The molecule has 0 bridgehead atoms. The fourth-order valence-electron chi connectivity index (χ4n) is 6.49. The number of allylic oxidation sites excluding steroid dienone is 6. The van der Waals surface area contributed by atoms with Crippen LogP contribution in [0.2, 0.25) is 10.5 Å². The van der Waals surface area contributed by atoms with Crippen LogP contribution in [0, 0.1) is 5.92 Å². The summed E-state index contributed by atoms with van der Waals surface area (Å²) in [7, 11) is 0. The average molecular weight is 610 g/mol. The maximum Gasteiger partial charge on any atom is -0.0149 e. The van der Waals surface area contributed by atoms with E-state index in [9.17, 15) is 0 Å². The van der Waals surface area contributed by atoms with Crippen molar-refractivity contribution in [1.82, 2.24) is 3.80 Å². The Labute approximate surface area is 263 Å². The van der Waals surface area contributed by atoms with Gasteiger partial charge in [-0.15, -0.1) is 0 Å². The van der Waals surface area contributed by atoms with E-state index in [1.165, 1.54) is 38.2 Å². The van der Waals surface area contributed by atoms with Crippen LogP contribution >= 0.6 is 0 Å². The first-order valence-electron chi connectivity index (χ1n) is 14.9. The number of nitrogens with one attached hydrogen (secondary N) is 1. The van der Waals surface area contributed by atoms with Crippen molar-refractivity contribution in [3.8, 4) is 0 Å². The monoisotopic (exact) mass is 609 g/mol. The van der Waals surface area contributed by atoms with Crippen LogP contribution in [0.5, 0.6) is 0 Å². The second-order valence-corrected chi connectivity index (χ2v) is 19.2. The number of hydrogen-bond acceptors (Lipinski definition) is 1. The van der Waals surface area contributed by atoms with Gasteiger partial charge in [0.2, 0.25) is 0 Å². The summed E-state index contributed by atoms with van der Waals surface area (Å²) in [5.74, 6) is 0.653. The van der Waals surface area contributed by atoms with E-state index >= 15 is 0 Å². The van der Waals surface area contributed by atoms with Crippen LogP contribution in [-0.2, 0) is 16.8 Å². The fourth-order valence-corrected chi connectivity index (χ4v) is 13.4. The zero-order valence-corrected chi connectivity index (χ0v) is 28.0.